The van der Waals surface area contributed by atoms with Crippen molar-refractivity contribution in [2.24, 2.45) is 5.73 Å². The van der Waals surface area contributed by atoms with E-state index in [4.69, 9.17) is 5.73 Å². The number of hydrogen-bond acceptors (Lipinski definition) is 4. The van der Waals surface area contributed by atoms with Gasteiger partial charge in [-0.1, -0.05) is 23.9 Å². The van der Waals surface area contributed by atoms with E-state index in [-0.39, 0.29) is 5.91 Å². The van der Waals surface area contributed by atoms with Crippen LogP contribution in [0.5, 0.6) is 0 Å². The number of imidazole rings is 1. The number of amides is 2. The highest BCUT2D eigenvalue weighted by Crippen LogP contribution is 2.20. The molecule has 3 aromatic rings. The van der Waals surface area contributed by atoms with Crippen molar-refractivity contribution in [2.75, 3.05) is 11.1 Å². The first-order chi connectivity index (χ1) is 11.6. The van der Waals surface area contributed by atoms with Gasteiger partial charge in [-0.25, -0.2) is 4.98 Å². The van der Waals surface area contributed by atoms with E-state index in [1.165, 1.54) is 11.8 Å². The van der Waals surface area contributed by atoms with E-state index in [9.17, 15) is 9.59 Å². The molecule has 6 nitrogen and oxygen atoms in total. The van der Waals surface area contributed by atoms with Gasteiger partial charge in [0, 0.05) is 23.4 Å². The summed E-state index contributed by atoms with van der Waals surface area (Å²) in [5.41, 5.74) is 8.13. The number of aromatic nitrogens is 2. The summed E-state index contributed by atoms with van der Waals surface area (Å²) in [4.78, 5) is 30.6. The SMILES string of the molecule is NC(=O)c1ccc(NC(=O)CCSc2nc3ccccc3[nH]2)cc1. The Labute approximate surface area is 142 Å². The number of carbonyl (C=O) groups is 2. The van der Waals surface area contributed by atoms with Crippen molar-refractivity contribution < 1.29 is 9.59 Å². The molecule has 0 radical (unpaired) electrons. The van der Waals surface area contributed by atoms with Gasteiger partial charge in [0.25, 0.3) is 0 Å². The summed E-state index contributed by atoms with van der Waals surface area (Å²) in [6.07, 6.45) is 0.360. The number of anilines is 1. The van der Waals surface area contributed by atoms with Gasteiger partial charge in [0.2, 0.25) is 11.8 Å². The molecule has 24 heavy (non-hydrogen) atoms. The molecule has 3 rings (SSSR count). The minimum Gasteiger partial charge on any atom is -0.366 e. The van der Waals surface area contributed by atoms with Crippen molar-refractivity contribution in [2.45, 2.75) is 11.6 Å². The summed E-state index contributed by atoms with van der Waals surface area (Å²) in [6.45, 7) is 0. The highest BCUT2D eigenvalue weighted by Gasteiger charge is 2.07. The van der Waals surface area contributed by atoms with Crippen molar-refractivity contribution >= 4 is 40.3 Å². The van der Waals surface area contributed by atoms with Crippen molar-refractivity contribution in [3.05, 3.63) is 54.1 Å². The standard InChI is InChI=1S/C17H16N4O2S/c18-16(23)11-5-7-12(8-6-11)19-15(22)9-10-24-17-20-13-3-1-2-4-14(13)21-17/h1-8H,9-10H2,(H2,18,23)(H,19,22)(H,20,21). The van der Waals surface area contributed by atoms with Gasteiger partial charge in [0.05, 0.1) is 11.0 Å². The molecule has 0 aliphatic rings. The van der Waals surface area contributed by atoms with Gasteiger partial charge in [-0.3, -0.25) is 9.59 Å². The molecule has 2 amide bonds. The molecular weight excluding hydrogens is 324 g/mol. The van der Waals surface area contributed by atoms with Crippen molar-refractivity contribution in [3.8, 4) is 0 Å². The molecule has 0 atom stereocenters. The minimum absolute atomic E-state index is 0.0922. The van der Waals surface area contributed by atoms with Gasteiger partial charge in [0.15, 0.2) is 5.16 Å². The molecule has 0 bridgehead atoms. The van der Waals surface area contributed by atoms with Crippen molar-refractivity contribution in [1.29, 1.82) is 0 Å². The zero-order chi connectivity index (χ0) is 16.9. The Kier molecular flexibility index (Phi) is 4.81. The van der Waals surface area contributed by atoms with Crippen LogP contribution in [0.1, 0.15) is 16.8 Å². The largest absolute Gasteiger partial charge is 0.366 e. The summed E-state index contributed by atoms with van der Waals surface area (Å²) in [5, 5.41) is 3.59. The zero-order valence-corrected chi connectivity index (χ0v) is 13.6. The maximum atomic E-state index is 11.9. The lowest BCUT2D eigenvalue weighted by Crippen LogP contribution is -2.13. The summed E-state index contributed by atoms with van der Waals surface area (Å²) in [7, 11) is 0. The fourth-order valence-corrected chi connectivity index (χ4v) is 3.01. The molecule has 0 fully saturated rings. The monoisotopic (exact) mass is 340 g/mol. The molecular formula is C17H16N4O2S. The Morgan fingerprint density at radius 1 is 1.12 bits per heavy atom. The normalized spacial score (nSPS) is 10.7. The van der Waals surface area contributed by atoms with Gasteiger partial charge in [-0.2, -0.15) is 0 Å². The Morgan fingerprint density at radius 2 is 1.88 bits per heavy atom. The van der Waals surface area contributed by atoms with E-state index in [1.807, 2.05) is 24.3 Å². The van der Waals surface area contributed by atoms with E-state index >= 15 is 0 Å². The minimum atomic E-state index is -0.491. The number of H-pyrrole nitrogens is 1. The molecule has 0 saturated carbocycles. The Bertz CT molecular complexity index is 841. The second-order valence-corrected chi connectivity index (χ2v) is 6.23. The smallest absolute Gasteiger partial charge is 0.248 e. The van der Waals surface area contributed by atoms with Gasteiger partial charge < -0.3 is 16.0 Å². The number of fused-ring (bicyclic) bond motifs is 1. The Morgan fingerprint density at radius 3 is 2.58 bits per heavy atom. The third kappa shape index (κ3) is 3.94. The fraction of sp³-hybridized carbons (Fsp3) is 0.118. The molecule has 0 aliphatic heterocycles. The summed E-state index contributed by atoms with van der Waals surface area (Å²) in [5.74, 6) is 0.0333. The second kappa shape index (κ2) is 7.18. The third-order valence-corrected chi connectivity index (χ3v) is 4.26. The number of primary amides is 1. The number of benzene rings is 2. The lowest BCUT2D eigenvalue weighted by Gasteiger charge is -2.05. The molecule has 7 heteroatoms. The van der Waals surface area contributed by atoms with Gasteiger partial charge in [-0.15, -0.1) is 0 Å². The zero-order valence-electron chi connectivity index (χ0n) is 12.8. The number of nitrogens with one attached hydrogen (secondary N) is 2. The summed E-state index contributed by atoms with van der Waals surface area (Å²) < 4.78 is 0. The van der Waals surface area contributed by atoms with Gasteiger partial charge in [0.1, 0.15) is 0 Å². The molecule has 0 unspecified atom stereocenters. The molecule has 0 aliphatic carbocycles. The molecule has 122 valence electrons. The number of para-hydroxylation sites is 2. The van der Waals surface area contributed by atoms with Crippen LogP contribution >= 0.6 is 11.8 Å². The summed E-state index contributed by atoms with van der Waals surface area (Å²) in [6, 6.07) is 14.3. The Hall–Kier alpha value is -2.80. The predicted molar refractivity (Wildman–Crippen MR) is 95.0 cm³/mol. The van der Waals surface area contributed by atoms with Crippen LogP contribution in [0, 0.1) is 0 Å². The third-order valence-electron chi connectivity index (χ3n) is 3.39. The molecule has 1 heterocycles. The molecule has 1 aromatic heterocycles. The number of aromatic amines is 1. The first-order valence-corrected chi connectivity index (χ1v) is 8.37. The second-order valence-electron chi connectivity index (χ2n) is 5.15. The average Bonchev–Trinajstić information content (AvgIpc) is 2.98. The highest BCUT2D eigenvalue weighted by atomic mass is 32.2. The van der Waals surface area contributed by atoms with Crippen molar-refractivity contribution in [1.82, 2.24) is 9.97 Å². The lowest BCUT2D eigenvalue weighted by atomic mass is 10.2. The highest BCUT2D eigenvalue weighted by molar-refractivity contribution is 7.99. The first kappa shape index (κ1) is 16.1. The number of hydrogen-bond donors (Lipinski definition) is 3. The predicted octanol–water partition coefficient (Wildman–Crippen LogP) is 2.78. The molecule has 0 spiro atoms. The van der Waals surface area contributed by atoms with E-state index in [1.54, 1.807) is 24.3 Å². The topological polar surface area (TPSA) is 101 Å². The van der Waals surface area contributed by atoms with Crippen LogP contribution in [0.4, 0.5) is 5.69 Å². The number of carbonyl (C=O) groups excluding carboxylic acids is 2. The Balaban J connectivity index is 1.49. The molecule has 4 N–H and O–H groups in total. The van der Waals surface area contributed by atoms with Crippen LogP contribution in [0.3, 0.4) is 0 Å². The maximum Gasteiger partial charge on any atom is 0.248 e. The lowest BCUT2D eigenvalue weighted by molar-refractivity contribution is -0.115. The quantitative estimate of drug-likeness (QED) is 0.601. The number of nitrogens with two attached hydrogens (primary N) is 1. The summed E-state index contributed by atoms with van der Waals surface area (Å²) >= 11 is 1.50. The fourth-order valence-electron chi connectivity index (χ4n) is 2.18. The van der Waals surface area contributed by atoms with E-state index in [0.717, 1.165) is 16.2 Å². The van der Waals surface area contributed by atoms with Crippen LogP contribution < -0.4 is 11.1 Å². The van der Waals surface area contributed by atoms with E-state index in [0.29, 0.717) is 23.4 Å². The van der Waals surface area contributed by atoms with Crippen LogP contribution in [0.2, 0.25) is 0 Å². The van der Waals surface area contributed by atoms with Crippen LogP contribution in [0.15, 0.2) is 53.7 Å². The first-order valence-electron chi connectivity index (χ1n) is 7.39. The van der Waals surface area contributed by atoms with Crippen LogP contribution in [-0.2, 0) is 4.79 Å². The number of rotatable bonds is 6. The molecule has 0 saturated heterocycles. The average molecular weight is 340 g/mol. The van der Waals surface area contributed by atoms with Crippen LogP contribution in [0.25, 0.3) is 11.0 Å². The number of thioether (sulfide) groups is 1. The van der Waals surface area contributed by atoms with Crippen molar-refractivity contribution in [3.63, 3.8) is 0 Å². The van der Waals surface area contributed by atoms with Gasteiger partial charge in [-0.05, 0) is 36.4 Å². The van der Waals surface area contributed by atoms with Gasteiger partial charge >= 0.3 is 0 Å². The molecule has 2 aromatic carbocycles. The maximum absolute atomic E-state index is 11.9. The van der Waals surface area contributed by atoms with E-state index < -0.39 is 5.91 Å². The van der Waals surface area contributed by atoms with E-state index in [2.05, 4.69) is 15.3 Å². The van der Waals surface area contributed by atoms with Crippen LogP contribution in [-0.4, -0.2) is 27.5 Å². The number of nitrogens with zero attached hydrogens (tertiary/aromatic N) is 1.